The van der Waals surface area contributed by atoms with Gasteiger partial charge in [0.2, 0.25) is 0 Å². The first-order chi connectivity index (χ1) is 9.15. The van der Waals surface area contributed by atoms with E-state index in [4.69, 9.17) is 10.00 Å². The molecule has 0 unspecified atom stereocenters. The van der Waals surface area contributed by atoms with Gasteiger partial charge in [0.25, 0.3) is 0 Å². The Morgan fingerprint density at radius 1 is 1.37 bits per heavy atom. The van der Waals surface area contributed by atoms with Crippen molar-refractivity contribution in [2.45, 2.75) is 13.5 Å². The number of hydrogen-bond donors (Lipinski definition) is 1. The van der Waals surface area contributed by atoms with Crippen molar-refractivity contribution in [2.24, 2.45) is 7.05 Å². The zero-order chi connectivity index (χ0) is 13.8. The third-order valence-electron chi connectivity index (χ3n) is 2.95. The van der Waals surface area contributed by atoms with Gasteiger partial charge in [-0.3, -0.25) is 4.68 Å². The van der Waals surface area contributed by atoms with E-state index >= 15 is 0 Å². The lowest BCUT2D eigenvalue weighted by atomic mass is 10.2. The largest absolute Gasteiger partial charge is 0.497 e. The molecule has 5 heteroatoms. The molecule has 0 fully saturated rings. The molecule has 0 bridgehead atoms. The number of hydrogen-bond acceptors (Lipinski definition) is 4. The minimum atomic E-state index is 0.594. The lowest BCUT2D eigenvalue weighted by Crippen LogP contribution is -2.05. The summed E-state index contributed by atoms with van der Waals surface area (Å²) in [6.45, 7) is 2.47. The van der Waals surface area contributed by atoms with Gasteiger partial charge in [0.1, 0.15) is 23.2 Å². The topological polar surface area (TPSA) is 62.9 Å². The summed E-state index contributed by atoms with van der Waals surface area (Å²) >= 11 is 0. The van der Waals surface area contributed by atoms with Gasteiger partial charge in [-0.2, -0.15) is 10.4 Å². The fourth-order valence-electron chi connectivity index (χ4n) is 1.92. The lowest BCUT2D eigenvalue weighted by Gasteiger charge is -2.08. The van der Waals surface area contributed by atoms with Crippen LogP contribution < -0.4 is 10.1 Å². The minimum Gasteiger partial charge on any atom is -0.497 e. The number of nitrogens with zero attached hydrogens (tertiary/aromatic N) is 3. The van der Waals surface area contributed by atoms with Crippen LogP contribution in [0.2, 0.25) is 0 Å². The Kier molecular flexibility index (Phi) is 3.71. The second-order valence-electron chi connectivity index (χ2n) is 4.25. The van der Waals surface area contributed by atoms with E-state index in [9.17, 15) is 0 Å². The van der Waals surface area contributed by atoms with Crippen molar-refractivity contribution in [1.29, 1.82) is 5.26 Å². The highest BCUT2D eigenvalue weighted by Crippen LogP contribution is 2.19. The molecule has 0 aliphatic rings. The number of anilines is 1. The molecule has 5 nitrogen and oxygen atoms in total. The van der Waals surface area contributed by atoms with Crippen LogP contribution >= 0.6 is 0 Å². The Morgan fingerprint density at radius 3 is 2.63 bits per heavy atom. The summed E-state index contributed by atoms with van der Waals surface area (Å²) in [5, 5.41) is 16.6. The molecule has 2 rings (SSSR count). The predicted molar refractivity (Wildman–Crippen MR) is 73.0 cm³/mol. The monoisotopic (exact) mass is 256 g/mol. The van der Waals surface area contributed by atoms with Crippen LogP contribution in [0.25, 0.3) is 0 Å². The number of aromatic nitrogens is 2. The number of aryl methyl sites for hydroxylation is 2. The van der Waals surface area contributed by atoms with E-state index in [1.165, 1.54) is 0 Å². The van der Waals surface area contributed by atoms with E-state index < -0.39 is 0 Å². The number of nitriles is 1. The summed E-state index contributed by atoms with van der Waals surface area (Å²) in [6.07, 6.45) is 0. The fraction of sp³-hybridized carbons (Fsp3) is 0.286. The molecule has 19 heavy (non-hydrogen) atoms. The summed E-state index contributed by atoms with van der Waals surface area (Å²) in [4.78, 5) is 0. The van der Waals surface area contributed by atoms with Crippen LogP contribution in [0.3, 0.4) is 0 Å². The Labute approximate surface area is 112 Å². The number of benzene rings is 1. The van der Waals surface area contributed by atoms with Gasteiger partial charge in [0.05, 0.1) is 12.8 Å². The maximum Gasteiger partial charge on any atom is 0.142 e. The average molecular weight is 256 g/mol. The third-order valence-corrected chi connectivity index (χ3v) is 2.95. The molecule has 0 spiro atoms. The van der Waals surface area contributed by atoms with Gasteiger partial charge in [-0.1, -0.05) is 12.1 Å². The Morgan fingerprint density at radius 2 is 2.05 bits per heavy atom. The molecule has 0 radical (unpaired) electrons. The van der Waals surface area contributed by atoms with Gasteiger partial charge in [-0.05, 0) is 24.6 Å². The van der Waals surface area contributed by atoms with Crippen LogP contribution in [0.4, 0.5) is 5.82 Å². The van der Waals surface area contributed by atoms with Crippen LogP contribution in [-0.2, 0) is 13.6 Å². The Hall–Kier alpha value is -2.48. The molecular weight excluding hydrogens is 240 g/mol. The van der Waals surface area contributed by atoms with Crippen molar-refractivity contribution in [3.63, 3.8) is 0 Å². The molecule has 0 saturated carbocycles. The molecule has 98 valence electrons. The fourth-order valence-corrected chi connectivity index (χ4v) is 1.92. The van der Waals surface area contributed by atoms with Crippen molar-refractivity contribution >= 4 is 5.82 Å². The quantitative estimate of drug-likeness (QED) is 0.911. The van der Waals surface area contributed by atoms with Crippen molar-refractivity contribution in [3.05, 3.63) is 41.1 Å². The standard InChI is InChI=1S/C14H16N4O/c1-10-13(8-15)14(18(2)17-10)16-9-11-4-6-12(19-3)7-5-11/h4-7,16H,9H2,1-3H3. The molecule has 0 amide bonds. The van der Waals surface area contributed by atoms with Gasteiger partial charge < -0.3 is 10.1 Å². The first-order valence-electron chi connectivity index (χ1n) is 5.96. The van der Waals surface area contributed by atoms with E-state index in [0.717, 1.165) is 22.8 Å². The molecule has 0 saturated heterocycles. The zero-order valence-corrected chi connectivity index (χ0v) is 11.3. The molecule has 1 aromatic carbocycles. The van der Waals surface area contributed by atoms with E-state index in [1.54, 1.807) is 11.8 Å². The summed E-state index contributed by atoms with van der Waals surface area (Å²) in [6, 6.07) is 9.97. The molecule has 0 atom stereocenters. The lowest BCUT2D eigenvalue weighted by molar-refractivity contribution is 0.414. The highest BCUT2D eigenvalue weighted by molar-refractivity contribution is 5.55. The second-order valence-corrected chi connectivity index (χ2v) is 4.25. The Bertz CT molecular complexity index is 608. The minimum absolute atomic E-state index is 0.594. The van der Waals surface area contributed by atoms with E-state index in [0.29, 0.717) is 12.1 Å². The highest BCUT2D eigenvalue weighted by atomic mass is 16.5. The molecule has 1 N–H and O–H groups in total. The van der Waals surface area contributed by atoms with Gasteiger partial charge in [0.15, 0.2) is 0 Å². The van der Waals surface area contributed by atoms with Gasteiger partial charge in [-0.15, -0.1) is 0 Å². The molecule has 0 aliphatic carbocycles. The molecular formula is C14H16N4O. The SMILES string of the molecule is COc1ccc(CNc2c(C#N)c(C)nn2C)cc1. The van der Waals surface area contributed by atoms with Crippen LogP contribution in [0, 0.1) is 18.3 Å². The van der Waals surface area contributed by atoms with E-state index in [-0.39, 0.29) is 0 Å². The summed E-state index contributed by atoms with van der Waals surface area (Å²) in [5.41, 5.74) is 2.45. The predicted octanol–water partition coefficient (Wildman–Crippen LogP) is 2.22. The molecule has 0 aliphatic heterocycles. The van der Waals surface area contributed by atoms with Crippen molar-refractivity contribution in [2.75, 3.05) is 12.4 Å². The van der Waals surface area contributed by atoms with Crippen LogP contribution in [0.1, 0.15) is 16.8 Å². The van der Waals surface area contributed by atoms with Gasteiger partial charge in [-0.25, -0.2) is 0 Å². The zero-order valence-electron chi connectivity index (χ0n) is 11.3. The molecule has 1 aromatic heterocycles. The van der Waals surface area contributed by atoms with E-state index in [2.05, 4.69) is 16.5 Å². The second kappa shape index (κ2) is 5.44. The highest BCUT2D eigenvalue weighted by Gasteiger charge is 2.12. The van der Waals surface area contributed by atoms with Crippen LogP contribution in [0.15, 0.2) is 24.3 Å². The molecule has 1 heterocycles. The summed E-state index contributed by atoms with van der Waals surface area (Å²) < 4.78 is 6.81. The van der Waals surface area contributed by atoms with Gasteiger partial charge in [0, 0.05) is 13.6 Å². The maximum atomic E-state index is 9.12. The number of nitrogens with one attached hydrogen (secondary N) is 1. The Balaban J connectivity index is 2.12. The smallest absolute Gasteiger partial charge is 0.142 e. The van der Waals surface area contributed by atoms with E-state index in [1.807, 2.05) is 38.2 Å². The van der Waals surface area contributed by atoms with Crippen LogP contribution in [-0.4, -0.2) is 16.9 Å². The van der Waals surface area contributed by atoms with Crippen molar-refractivity contribution < 1.29 is 4.74 Å². The average Bonchev–Trinajstić information content (AvgIpc) is 2.70. The van der Waals surface area contributed by atoms with Crippen LogP contribution in [0.5, 0.6) is 5.75 Å². The van der Waals surface area contributed by atoms with Crippen molar-refractivity contribution in [1.82, 2.24) is 9.78 Å². The summed E-state index contributed by atoms with van der Waals surface area (Å²) in [7, 11) is 3.47. The van der Waals surface area contributed by atoms with Gasteiger partial charge >= 0.3 is 0 Å². The molecule has 2 aromatic rings. The first-order valence-corrected chi connectivity index (χ1v) is 5.96. The number of ether oxygens (including phenoxy) is 1. The van der Waals surface area contributed by atoms with Crippen molar-refractivity contribution in [3.8, 4) is 11.8 Å². The third kappa shape index (κ3) is 2.68. The normalized spacial score (nSPS) is 10.0. The first kappa shape index (κ1) is 13.0. The summed E-state index contributed by atoms with van der Waals surface area (Å²) in [5.74, 6) is 1.58. The number of rotatable bonds is 4. The maximum absolute atomic E-state index is 9.12. The number of methoxy groups -OCH3 is 1.